The van der Waals surface area contributed by atoms with Crippen molar-refractivity contribution in [1.82, 2.24) is 0 Å². The minimum absolute atomic E-state index is 0.00568. The second kappa shape index (κ2) is 5.36. The molecule has 0 fully saturated rings. The Balaban J connectivity index is 2.90. The number of hydrogen-bond donors (Lipinski definition) is 0. The van der Waals surface area contributed by atoms with E-state index in [1.165, 1.54) is 12.2 Å². The minimum Gasteiger partial charge on any atom is -0.206 e. The van der Waals surface area contributed by atoms with Gasteiger partial charge in [0.15, 0.2) is 0 Å². The van der Waals surface area contributed by atoms with E-state index in [-0.39, 0.29) is 12.1 Å². The normalized spacial score (nSPS) is 11.5. The minimum atomic E-state index is -4.56. The molecular weight excluding hydrogens is 238 g/mol. The van der Waals surface area contributed by atoms with Crippen LogP contribution in [0, 0.1) is 5.82 Å². The molecule has 0 radical (unpaired) electrons. The van der Waals surface area contributed by atoms with Gasteiger partial charge in [0.25, 0.3) is 0 Å². The van der Waals surface area contributed by atoms with Crippen molar-refractivity contribution < 1.29 is 17.6 Å². The Labute approximate surface area is 94.0 Å². The van der Waals surface area contributed by atoms with Crippen molar-refractivity contribution in [3.05, 3.63) is 51.7 Å². The monoisotopic (exact) mass is 245 g/mol. The van der Waals surface area contributed by atoms with Crippen molar-refractivity contribution in [3.63, 3.8) is 0 Å². The Bertz CT molecular complexity index is 473. The van der Waals surface area contributed by atoms with E-state index in [9.17, 15) is 17.6 Å². The zero-order valence-corrected chi connectivity index (χ0v) is 8.45. The Hall–Kier alpha value is -2.01. The summed E-state index contributed by atoms with van der Waals surface area (Å²) < 4.78 is 49.9. The summed E-state index contributed by atoms with van der Waals surface area (Å²) in [5.41, 5.74) is 6.94. The van der Waals surface area contributed by atoms with Crippen LogP contribution in [0.1, 0.15) is 11.1 Å². The third kappa shape index (κ3) is 3.81. The molecule has 1 aromatic carbocycles. The number of rotatable bonds is 3. The van der Waals surface area contributed by atoms with E-state index in [1.807, 2.05) is 0 Å². The molecule has 1 rings (SSSR count). The summed E-state index contributed by atoms with van der Waals surface area (Å²) >= 11 is 0. The van der Waals surface area contributed by atoms with Gasteiger partial charge in [-0.1, -0.05) is 23.3 Å². The molecule has 0 aliphatic carbocycles. The van der Waals surface area contributed by atoms with E-state index in [4.69, 9.17) is 5.53 Å². The van der Waals surface area contributed by atoms with E-state index in [1.54, 1.807) is 0 Å². The predicted octanol–water partition coefficient (Wildman–Crippen LogP) is 4.17. The van der Waals surface area contributed by atoms with Crippen LogP contribution in [0.2, 0.25) is 0 Å². The summed E-state index contributed by atoms with van der Waals surface area (Å²) in [6.45, 7) is 0.0109. The molecular formula is C10H7F4N3. The van der Waals surface area contributed by atoms with Gasteiger partial charge in [-0.2, -0.15) is 13.2 Å². The second-order valence-corrected chi connectivity index (χ2v) is 3.05. The van der Waals surface area contributed by atoms with Crippen molar-refractivity contribution >= 4 is 6.08 Å². The summed E-state index contributed by atoms with van der Waals surface area (Å²) in [6.07, 6.45) is -1.95. The van der Waals surface area contributed by atoms with Crippen LogP contribution in [-0.4, -0.2) is 6.54 Å². The molecule has 0 heterocycles. The van der Waals surface area contributed by atoms with Gasteiger partial charge in [0, 0.05) is 17.0 Å². The number of halogens is 4. The lowest BCUT2D eigenvalue weighted by Gasteiger charge is -2.07. The van der Waals surface area contributed by atoms with E-state index in [0.717, 1.165) is 12.1 Å². The summed E-state index contributed by atoms with van der Waals surface area (Å²) in [7, 11) is 0. The molecule has 0 aliphatic rings. The summed E-state index contributed by atoms with van der Waals surface area (Å²) in [5.74, 6) is -0.975. The highest BCUT2D eigenvalue weighted by molar-refractivity contribution is 5.51. The average molecular weight is 245 g/mol. The Morgan fingerprint density at radius 1 is 1.35 bits per heavy atom. The Kier molecular flexibility index (Phi) is 4.12. The van der Waals surface area contributed by atoms with Crippen LogP contribution < -0.4 is 0 Å². The van der Waals surface area contributed by atoms with Crippen LogP contribution in [0.15, 0.2) is 29.4 Å². The van der Waals surface area contributed by atoms with Crippen molar-refractivity contribution in [1.29, 1.82) is 0 Å². The second-order valence-electron chi connectivity index (χ2n) is 3.05. The SMILES string of the molecule is [N-]=[N+]=NCC=Cc1ccc(C(F)(F)F)cc1F. The quantitative estimate of drug-likeness (QED) is 0.332. The molecule has 0 amide bonds. The maximum atomic E-state index is 13.2. The van der Waals surface area contributed by atoms with Gasteiger partial charge in [0.05, 0.1) is 5.56 Å². The molecule has 0 N–H and O–H groups in total. The van der Waals surface area contributed by atoms with Gasteiger partial charge in [0.1, 0.15) is 5.82 Å². The van der Waals surface area contributed by atoms with E-state index >= 15 is 0 Å². The van der Waals surface area contributed by atoms with Gasteiger partial charge in [-0.25, -0.2) is 4.39 Å². The first-order valence-corrected chi connectivity index (χ1v) is 4.49. The molecule has 17 heavy (non-hydrogen) atoms. The van der Waals surface area contributed by atoms with E-state index < -0.39 is 17.6 Å². The zero-order chi connectivity index (χ0) is 12.9. The molecule has 0 saturated heterocycles. The van der Waals surface area contributed by atoms with Gasteiger partial charge < -0.3 is 0 Å². The molecule has 1 aromatic rings. The standard InChI is InChI=1S/C10H7F4N3/c11-9-6-8(10(12,13)14)4-3-7(9)2-1-5-16-17-15/h1-4,6H,5H2. The highest BCUT2D eigenvalue weighted by Crippen LogP contribution is 2.30. The van der Waals surface area contributed by atoms with Crippen LogP contribution >= 0.6 is 0 Å². The summed E-state index contributed by atoms with van der Waals surface area (Å²) in [6, 6.07) is 2.23. The first-order chi connectivity index (χ1) is 7.95. The molecule has 0 unspecified atom stereocenters. The van der Waals surface area contributed by atoms with Gasteiger partial charge in [-0.05, 0) is 17.7 Å². The molecule has 3 nitrogen and oxygen atoms in total. The van der Waals surface area contributed by atoms with Crippen LogP contribution in [-0.2, 0) is 6.18 Å². The summed E-state index contributed by atoms with van der Waals surface area (Å²) in [5, 5.41) is 3.16. The largest absolute Gasteiger partial charge is 0.416 e. The van der Waals surface area contributed by atoms with Crippen molar-refractivity contribution in [2.45, 2.75) is 6.18 Å². The fraction of sp³-hybridized carbons (Fsp3) is 0.200. The van der Waals surface area contributed by atoms with Gasteiger partial charge in [0.2, 0.25) is 0 Å². The van der Waals surface area contributed by atoms with Crippen molar-refractivity contribution in [2.75, 3.05) is 6.54 Å². The highest BCUT2D eigenvalue weighted by Gasteiger charge is 2.30. The first-order valence-electron chi connectivity index (χ1n) is 4.49. The molecule has 0 bridgehead atoms. The number of hydrogen-bond acceptors (Lipinski definition) is 1. The van der Waals surface area contributed by atoms with E-state index in [2.05, 4.69) is 10.0 Å². The topological polar surface area (TPSA) is 48.8 Å². The van der Waals surface area contributed by atoms with Crippen LogP contribution in [0.5, 0.6) is 0 Å². The number of nitrogens with zero attached hydrogens (tertiary/aromatic N) is 3. The first kappa shape index (κ1) is 13.1. The lowest BCUT2D eigenvalue weighted by atomic mass is 10.1. The predicted molar refractivity (Wildman–Crippen MR) is 54.4 cm³/mol. The van der Waals surface area contributed by atoms with Crippen molar-refractivity contribution in [3.8, 4) is 0 Å². The fourth-order valence-electron chi connectivity index (χ4n) is 1.10. The van der Waals surface area contributed by atoms with Crippen LogP contribution in [0.3, 0.4) is 0 Å². The Morgan fingerprint density at radius 3 is 2.59 bits per heavy atom. The maximum Gasteiger partial charge on any atom is 0.416 e. The van der Waals surface area contributed by atoms with Gasteiger partial charge in [-0.15, -0.1) is 0 Å². The lowest BCUT2D eigenvalue weighted by molar-refractivity contribution is -0.137. The van der Waals surface area contributed by atoms with Crippen LogP contribution in [0.4, 0.5) is 17.6 Å². The van der Waals surface area contributed by atoms with E-state index in [0.29, 0.717) is 6.07 Å². The van der Waals surface area contributed by atoms with Gasteiger partial charge in [-0.3, -0.25) is 0 Å². The highest BCUT2D eigenvalue weighted by atomic mass is 19.4. The van der Waals surface area contributed by atoms with Gasteiger partial charge >= 0.3 is 6.18 Å². The van der Waals surface area contributed by atoms with Crippen molar-refractivity contribution in [2.24, 2.45) is 5.11 Å². The molecule has 0 aromatic heterocycles. The summed E-state index contributed by atoms with van der Waals surface area (Å²) in [4.78, 5) is 2.47. The molecule has 0 atom stereocenters. The molecule has 0 spiro atoms. The zero-order valence-electron chi connectivity index (χ0n) is 8.45. The maximum absolute atomic E-state index is 13.2. The molecule has 0 aliphatic heterocycles. The molecule has 90 valence electrons. The third-order valence-electron chi connectivity index (χ3n) is 1.88. The lowest BCUT2D eigenvalue weighted by Crippen LogP contribution is -2.05. The fourth-order valence-corrected chi connectivity index (χ4v) is 1.10. The number of benzene rings is 1. The number of alkyl halides is 3. The Morgan fingerprint density at radius 2 is 2.06 bits per heavy atom. The number of azide groups is 1. The smallest absolute Gasteiger partial charge is 0.206 e. The van der Waals surface area contributed by atoms with Crippen LogP contribution in [0.25, 0.3) is 16.5 Å². The average Bonchev–Trinajstić information content (AvgIpc) is 2.24. The molecule has 7 heteroatoms. The third-order valence-corrected chi connectivity index (χ3v) is 1.88. The molecule has 0 saturated carbocycles.